The van der Waals surface area contributed by atoms with Crippen molar-refractivity contribution >= 4 is 50.7 Å². The molecule has 0 fully saturated rings. The third-order valence-corrected chi connectivity index (χ3v) is 5.46. The first-order valence-corrected chi connectivity index (χ1v) is 8.54. The van der Waals surface area contributed by atoms with Crippen molar-refractivity contribution in [2.75, 3.05) is 12.8 Å². The van der Waals surface area contributed by atoms with Crippen LogP contribution in [0.3, 0.4) is 0 Å². The Morgan fingerprint density at radius 2 is 2.16 bits per heavy atom. The van der Waals surface area contributed by atoms with Crippen LogP contribution in [0.2, 0.25) is 5.02 Å². The fourth-order valence-corrected chi connectivity index (χ4v) is 3.67. The number of hydrogen-bond acceptors (Lipinski definition) is 6. The molecular formula is C16H15BrClN5O2. The molecule has 0 spiro atoms. The lowest BCUT2D eigenvalue weighted by molar-refractivity contribution is 0.111. The van der Waals surface area contributed by atoms with Crippen LogP contribution in [0.1, 0.15) is 34.6 Å². The zero-order valence-electron chi connectivity index (χ0n) is 13.7. The molecular weight excluding hydrogens is 410 g/mol. The highest BCUT2D eigenvalue weighted by Crippen LogP contribution is 2.41. The van der Waals surface area contributed by atoms with E-state index >= 15 is 0 Å². The molecule has 2 aromatic heterocycles. The largest absolute Gasteiger partial charge is 0.495 e. The number of aldehydes is 1. The molecule has 0 amide bonds. The maximum absolute atomic E-state index is 11.4. The van der Waals surface area contributed by atoms with Crippen LogP contribution in [0.25, 0.3) is 11.0 Å². The molecule has 0 radical (unpaired) electrons. The van der Waals surface area contributed by atoms with Gasteiger partial charge in [0.1, 0.15) is 23.6 Å². The van der Waals surface area contributed by atoms with Crippen LogP contribution in [-0.4, -0.2) is 33.1 Å². The summed E-state index contributed by atoms with van der Waals surface area (Å²) >= 11 is 9.86. The smallest absolute Gasteiger partial charge is 0.171 e. The lowest BCUT2D eigenvalue weighted by Gasteiger charge is -2.19. The highest BCUT2D eigenvalue weighted by Gasteiger charge is 2.24. The number of ether oxygens (including phenoxy) is 1. The summed E-state index contributed by atoms with van der Waals surface area (Å²) in [6.45, 7) is 3.81. The molecule has 3 aromatic rings. The van der Waals surface area contributed by atoms with Crippen LogP contribution < -0.4 is 10.5 Å². The molecule has 2 N–H and O–H groups in total. The number of rotatable bonds is 4. The van der Waals surface area contributed by atoms with E-state index in [0.29, 0.717) is 28.1 Å². The third-order valence-electron chi connectivity index (χ3n) is 4.11. The molecule has 0 saturated heterocycles. The average molecular weight is 425 g/mol. The maximum atomic E-state index is 11.4. The number of methoxy groups -OCH3 is 1. The Kier molecular flexibility index (Phi) is 4.66. The van der Waals surface area contributed by atoms with Crippen molar-refractivity contribution in [3.63, 3.8) is 0 Å². The van der Waals surface area contributed by atoms with Crippen LogP contribution in [0.15, 0.2) is 16.9 Å². The molecule has 1 unspecified atom stereocenters. The number of nitrogen functional groups attached to an aromatic ring is 1. The highest BCUT2D eigenvalue weighted by atomic mass is 79.9. The van der Waals surface area contributed by atoms with Gasteiger partial charge >= 0.3 is 0 Å². The predicted octanol–water partition coefficient (Wildman–Crippen LogP) is 3.56. The first-order chi connectivity index (χ1) is 11.9. The van der Waals surface area contributed by atoms with Crippen LogP contribution in [-0.2, 0) is 0 Å². The van der Waals surface area contributed by atoms with E-state index in [1.165, 1.54) is 6.33 Å². The van der Waals surface area contributed by atoms with Crippen molar-refractivity contribution in [2.45, 2.75) is 19.9 Å². The summed E-state index contributed by atoms with van der Waals surface area (Å²) in [7, 11) is 1.59. The molecule has 0 saturated carbocycles. The fraction of sp³-hybridized carbons (Fsp3) is 0.250. The minimum Gasteiger partial charge on any atom is -0.495 e. The number of nitrogens with two attached hydrogens (primary N) is 1. The van der Waals surface area contributed by atoms with Crippen molar-refractivity contribution < 1.29 is 9.53 Å². The quantitative estimate of drug-likeness (QED) is 0.643. The summed E-state index contributed by atoms with van der Waals surface area (Å²) in [6.07, 6.45) is 1.98. The van der Waals surface area contributed by atoms with Crippen molar-refractivity contribution in [3.8, 4) is 5.75 Å². The molecule has 25 heavy (non-hydrogen) atoms. The second-order valence-corrected chi connectivity index (χ2v) is 6.70. The molecule has 0 aliphatic carbocycles. The SMILES string of the molecule is COc1c(C(C)n2nc(C=O)c3c(N)ncnc32)cc(Cl)c(C)c1Br. The van der Waals surface area contributed by atoms with Crippen LogP contribution >= 0.6 is 27.5 Å². The molecule has 0 aliphatic heterocycles. The van der Waals surface area contributed by atoms with E-state index in [-0.39, 0.29) is 17.6 Å². The Bertz CT molecular complexity index is 989. The van der Waals surface area contributed by atoms with Gasteiger partial charge in [-0.2, -0.15) is 5.10 Å². The van der Waals surface area contributed by atoms with Gasteiger partial charge in [-0.05, 0) is 41.4 Å². The summed E-state index contributed by atoms with van der Waals surface area (Å²) in [5.74, 6) is 0.855. The monoisotopic (exact) mass is 423 g/mol. The second kappa shape index (κ2) is 6.61. The molecule has 0 bridgehead atoms. The first-order valence-electron chi connectivity index (χ1n) is 7.37. The molecule has 3 rings (SSSR count). The first kappa shape index (κ1) is 17.6. The lowest BCUT2D eigenvalue weighted by atomic mass is 10.0. The molecule has 0 aliphatic rings. The van der Waals surface area contributed by atoms with Gasteiger partial charge in [0.15, 0.2) is 11.9 Å². The number of aromatic nitrogens is 4. The molecule has 130 valence electrons. The van der Waals surface area contributed by atoms with Crippen molar-refractivity contribution in [2.24, 2.45) is 0 Å². The third kappa shape index (κ3) is 2.75. The van der Waals surface area contributed by atoms with E-state index in [0.717, 1.165) is 15.6 Å². The van der Waals surface area contributed by atoms with E-state index in [1.807, 2.05) is 19.9 Å². The van der Waals surface area contributed by atoms with Crippen LogP contribution in [0.4, 0.5) is 5.82 Å². The number of anilines is 1. The number of hydrogen-bond donors (Lipinski definition) is 1. The van der Waals surface area contributed by atoms with Gasteiger partial charge in [0, 0.05) is 10.6 Å². The highest BCUT2D eigenvalue weighted by molar-refractivity contribution is 9.10. The molecule has 2 heterocycles. The number of nitrogens with zero attached hydrogens (tertiary/aromatic N) is 4. The minimum absolute atomic E-state index is 0.191. The minimum atomic E-state index is -0.310. The average Bonchev–Trinajstić information content (AvgIpc) is 2.99. The lowest BCUT2D eigenvalue weighted by Crippen LogP contribution is -2.12. The summed E-state index contributed by atoms with van der Waals surface area (Å²) in [4.78, 5) is 19.6. The van der Waals surface area contributed by atoms with Crippen LogP contribution in [0.5, 0.6) is 5.75 Å². The summed E-state index contributed by atoms with van der Waals surface area (Å²) in [6, 6.07) is 1.51. The summed E-state index contributed by atoms with van der Waals surface area (Å²) in [5, 5.41) is 5.38. The van der Waals surface area contributed by atoms with E-state index in [1.54, 1.807) is 11.8 Å². The summed E-state index contributed by atoms with van der Waals surface area (Å²) in [5.41, 5.74) is 8.22. The summed E-state index contributed by atoms with van der Waals surface area (Å²) < 4.78 is 7.94. The maximum Gasteiger partial charge on any atom is 0.171 e. The Balaban J connectivity index is 2.27. The Morgan fingerprint density at radius 3 is 2.80 bits per heavy atom. The van der Waals surface area contributed by atoms with Crippen molar-refractivity contribution in [3.05, 3.63) is 38.7 Å². The standard InChI is InChI=1S/C16H15BrClN5O2/c1-7-10(18)4-9(14(25-3)13(7)17)8(2)23-16-12(11(5-24)22-23)15(19)20-6-21-16/h4-6,8H,1-3H3,(H2,19,20,21). The number of carbonyl (C=O) groups excluding carboxylic acids is 1. The van der Waals surface area contributed by atoms with Gasteiger partial charge in [-0.25, -0.2) is 14.6 Å². The topological polar surface area (TPSA) is 95.9 Å². The normalized spacial score (nSPS) is 12.4. The Morgan fingerprint density at radius 1 is 1.44 bits per heavy atom. The Hall–Kier alpha value is -2.19. The molecule has 7 nitrogen and oxygen atoms in total. The van der Waals surface area contributed by atoms with E-state index in [4.69, 9.17) is 22.1 Å². The number of halogens is 2. The van der Waals surface area contributed by atoms with Gasteiger partial charge in [0.05, 0.1) is 23.0 Å². The van der Waals surface area contributed by atoms with E-state index in [9.17, 15) is 4.79 Å². The zero-order chi connectivity index (χ0) is 18.3. The van der Waals surface area contributed by atoms with Gasteiger partial charge in [-0.1, -0.05) is 11.6 Å². The van der Waals surface area contributed by atoms with Gasteiger partial charge in [0.2, 0.25) is 0 Å². The predicted molar refractivity (Wildman–Crippen MR) is 99.4 cm³/mol. The fourth-order valence-electron chi connectivity index (χ4n) is 2.74. The molecule has 1 aromatic carbocycles. The molecule has 1 atom stereocenters. The van der Waals surface area contributed by atoms with Gasteiger partial charge < -0.3 is 10.5 Å². The second-order valence-electron chi connectivity index (χ2n) is 5.50. The van der Waals surface area contributed by atoms with Gasteiger partial charge in [-0.3, -0.25) is 4.79 Å². The van der Waals surface area contributed by atoms with Gasteiger partial charge in [0.25, 0.3) is 0 Å². The van der Waals surface area contributed by atoms with Gasteiger partial charge in [-0.15, -0.1) is 0 Å². The van der Waals surface area contributed by atoms with Crippen molar-refractivity contribution in [1.82, 2.24) is 19.7 Å². The number of carbonyl (C=O) groups is 1. The Labute approximate surface area is 157 Å². The van der Waals surface area contributed by atoms with Crippen LogP contribution in [0, 0.1) is 6.92 Å². The van der Waals surface area contributed by atoms with E-state index in [2.05, 4.69) is 31.0 Å². The molecule has 9 heteroatoms. The van der Waals surface area contributed by atoms with E-state index < -0.39 is 0 Å². The number of fused-ring (bicyclic) bond motifs is 1. The van der Waals surface area contributed by atoms with Crippen molar-refractivity contribution in [1.29, 1.82) is 0 Å². The number of benzene rings is 1. The zero-order valence-corrected chi connectivity index (χ0v) is 16.1.